The predicted octanol–water partition coefficient (Wildman–Crippen LogP) is 2.28. The molecular weight excluding hydrogens is 326 g/mol. The number of fused-ring (bicyclic) bond motifs is 1. The lowest BCUT2D eigenvalue weighted by Gasteiger charge is -2.17. The molecule has 1 atom stereocenters. The van der Waals surface area contributed by atoms with Gasteiger partial charge in [0.25, 0.3) is 17.5 Å². The number of benzene rings is 1. The van der Waals surface area contributed by atoms with E-state index in [0.29, 0.717) is 0 Å². The van der Waals surface area contributed by atoms with Gasteiger partial charge in [-0.05, 0) is 19.4 Å². The molecule has 1 heterocycles. The molecule has 3 amide bonds. The molecular formula is C17H21N3O5. The normalized spacial score (nSPS) is 14.4. The zero-order valence-electron chi connectivity index (χ0n) is 14.3. The molecule has 0 saturated heterocycles. The van der Waals surface area contributed by atoms with Gasteiger partial charge in [0.1, 0.15) is 6.54 Å². The summed E-state index contributed by atoms with van der Waals surface area (Å²) in [6, 6.07) is 3.44. The average molecular weight is 347 g/mol. The molecule has 1 aromatic rings. The largest absolute Gasteiger partial charge is 0.352 e. The van der Waals surface area contributed by atoms with Gasteiger partial charge in [-0.3, -0.25) is 29.4 Å². The smallest absolute Gasteiger partial charge is 0.270 e. The standard InChI is InChI=1S/C17H21N3O5/c1-3-4-5-6-11(2)18-15(21)10-19-16(22)13-8-7-12(20(24)25)9-14(13)17(19)23/h7-9,11H,3-6,10H2,1-2H3,(H,18,21)/t11-/m1/s1. The van der Waals surface area contributed by atoms with Gasteiger partial charge >= 0.3 is 0 Å². The Kier molecular flexibility index (Phi) is 5.84. The molecule has 0 spiro atoms. The molecule has 0 unspecified atom stereocenters. The fourth-order valence-corrected chi connectivity index (χ4v) is 2.77. The Morgan fingerprint density at radius 3 is 2.56 bits per heavy atom. The number of carbonyl (C=O) groups is 3. The summed E-state index contributed by atoms with van der Waals surface area (Å²) in [5.74, 6) is -1.71. The fraction of sp³-hybridized carbons (Fsp3) is 0.471. The van der Waals surface area contributed by atoms with Crippen LogP contribution in [-0.4, -0.2) is 40.1 Å². The van der Waals surface area contributed by atoms with Crippen molar-refractivity contribution >= 4 is 23.4 Å². The second kappa shape index (κ2) is 7.87. The van der Waals surface area contributed by atoms with Gasteiger partial charge in [-0.2, -0.15) is 0 Å². The Hall–Kier alpha value is -2.77. The van der Waals surface area contributed by atoms with Crippen LogP contribution < -0.4 is 5.32 Å². The maximum Gasteiger partial charge on any atom is 0.270 e. The quantitative estimate of drug-likeness (QED) is 0.336. The van der Waals surface area contributed by atoms with Gasteiger partial charge in [0.2, 0.25) is 5.91 Å². The van der Waals surface area contributed by atoms with E-state index in [1.54, 1.807) is 0 Å². The van der Waals surface area contributed by atoms with Crippen molar-refractivity contribution in [2.45, 2.75) is 45.6 Å². The van der Waals surface area contributed by atoms with E-state index in [1.807, 2.05) is 6.92 Å². The number of carbonyl (C=O) groups excluding carboxylic acids is 3. The third kappa shape index (κ3) is 4.20. The molecule has 1 aliphatic heterocycles. The summed E-state index contributed by atoms with van der Waals surface area (Å²) in [5, 5.41) is 13.6. The fourth-order valence-electron chi connectivity index (χ4n) is 2.77. The lowest BCUT2D eigenvalue weighted by atomic mass is 10.1. The van der Waals surface area contributed by atoms with Gasteiger partial charge in [0.05, 0.1) is 16.1 Å². The average Bonchev–Trinajstić information content (AvgIpc) is 2.79. The zero-order chi connectivity index (χ0) is 18.6. The van der Waals surface area contributed by atoms with Crippen LogP contribution in [0.3, 0.4) is 0 Å². The van der Waals surface area contributed by atoms with E-state index in [0.717, 1.165) is 36.6 Å². The van der Waals surface area contributed by atoms with Crippen LogP contribution in [0.15, 0.2) is 18.2 Å². The van der Waals surface area contributed by atoms with Gasteiger partial charge in [-0.1, -0.05) is 26.2 Å². The number of imide groups is 1. The molecule has 0 fully saturated rings. The maximum atomic E-state index is 12.3. The predicted molar refractivity (Wildman–Crippen MR) is 90.2 cm³/mol. The van der Waals surface area contributed by atoms with Crippen molar-refractivity contribution in [3.8, 4) is 0 Å². The summed E-state index contributed by atoms with van der Waals surface area (Å²) in [6.45, 7) is 3.58. The molecule has 0 bridgehead atoms. The zero-order valence-corrected chi connectivity index (χ0v) is 14.3. The van der Waals surface area contributed by atoms with Crippen molar-refractivity contribution in [1.29, 1.82) is 0 Å². The number of nitro benzene ring substituents is 1. The Morgan fingerprint density at radius 2 is 1.92 bits per heavy atom. The topological polar surface area (TPSA) is 110 Å². The second-order valence-electron chi connectivity index (χ2n) is 6.15. The maximum absolute atomic E-state index is 12.3. The summed E-state index contributed by atoms with van der Waals surface area (Å²) in [5.41, 5.74) is -0.224. The van der Waals surface area contributed by atoms with Crippen LogP contribution in [0.25, 0.3) is 0 Å². The van der Waals surface area contributed by atoms with Gasteiger partial charge in [0.15, 0.2) is 0 Å². The molecule has 0 aliphatic carbocycles. The van der Waals surface area contributed by atoms with Crippen LogP contribution in [0.2, 0.25) is 0 Å². The van der Waals surface area contributed by atoms with Gasteiger partial charge in [-0.15, -0.1) is 0 Å². The number of nitro groups is 1. The summed E-state index contributed by atoms with van der Waals surface area (Å²) in [7, 11) is 0. The van der Waals surface area contributed by atoms with Crippen molar-refractivity contribution in [3.63, 3.8) is 0 Å². The van der Waals surface area contributed by atoms with Crippen molar-refractivity contribution < 1.29 is 19.3 Å². The number of nitrogens with zero attached hydrogens (tertiary/aromatic N) is 2. The first-order valence-electron chi connectivity index (χ1n) is 8.29. The summed E-state index contributed by atoms with van der Waals surface area (Å²) in [6.07, 6.45) is 3.99. The molecule has 0 aromatic heterocycles. The summed E-state index contributed by atoms with van der Waals surface area (Å²) >= 11 is 0. The lowest BCUT2D eigenvalue weighted by Crippen LogP contribution is -2.43. The molecule has 0 saturated carbocycles. The third-order valence-corrected chi connectivity index (χ3v) is 4.11. The minimum Gasteiger partial charge on any atom is -0.352 e. The van der Waals surface area contributed by atoms with E-state index in [4.69, 9.17) is 0 Å². The van der Waals surface area contributed by atoms with Crippen molar-refractivity contribution in [2.24, 2.45) is 0 Å². The van der Waals surface area contributed by atoms with E-state index in [9.17, 15) is 24.5 Å². The van der Waals surface area contributed by atoms with Gasteiger partial charge in [-0.25, -0.2) is 0 Å². The summed E-state index contributed by atoms with van der Waals surface area (Å²) < 4.78 is 0. The second-order valence-corrected chi connectivity index (χ2v) is 6.15. The Morgan fingerprint density at radius 1 is 1.24 bits per heavy atom. The molecule has 0 radical (unpaired) electrons. The van der Waals surface area contributed by atoms with Gasteiger partial charge < -0.3 is 5.32 Å². The molecule has 134 valence electrons. The van der Waals surface area contributed by atoms with Crippen LogP contribution >= 0.6 is 0 Å². The van der Waals surface area contributed by atoms with E-state index >= 15 is 0 Å². The van der Waals surface area contributed by atoms with Gasteiger partial charge in [0, 0.05) is 18.2 Å². The Balaban J connectivity index is 2.01. The van der Waals surface area contributed by atoms with Crippen LogP contribution in [0, 0.1) is 10.1 Å². The Labute approximate surface area is 145 Å². The van der Waals surface area contributed by atoms with E-state index in [-0.39, 0.29) is 22.9 Å². The van der Waals surface area contributed by atoms with Crippen LogP contribution in [0.5, 0.6) is 0 Å². The Bertz CT molecular complexity index is 716. The third-order valence-electron chi connectivity index (χ3n) is 4.11. The number of hydrogen-bond acceptors (Lipinski definition) is 5. The highest BCUT2D eigenvalue weighted by Crippen LogP contribution is 2.26. The minimum atomic E-state index is -0.683. The SMILES string of the molecule is CCCCC[C@@H](C)NC(=O)CN1C(=O)c2ccc([N+](=O)[O-])cc2C1=O. The van der Waals surface area contributed by atoms with E-state index in [1.165, 1.54) is 12.1 Å². The van der Waals surface area contributed by atoms with Crippen molar-refractivity contribution in [1.82, 2.24) is 10.2 Å². The molecule has 25 heavy (non-hydrogen) atoms. The van der Waals surface area contributed by atoms with Crippen molar-refractivity contribution in [3.05, 3.63) is 39.4 Å². The number of hydrogen-bond donors (Lipinski definition) is 1. The highest BCUT2D eigenvalue weighted by Gasteiger charge is 2.37. The van der Waals surface area contributed by atoms with E-state index in [2.05, 4.69) is 12.2 Å². The highest BCUT2D eigenvalue weighted by molar-refractivity contribution is 6.22. The molecule has 1 N–H and O–H groups in total. The monoisotopic (exact) mass is 347 g/mol. The van der Waals surface area contributed by atoms with Crippen LogP contribution in [0.4, 0.5) is 5.69 Å². The molecule has 1 aromatic carbocycles. The number of non-ortho nitro benzene ring substituents is 1. The number of amides is 3. The highest BCUT2D eigenvalue weighted by atomic mass is 16.6. The molecule has 1 aliphatic rings. The minimum absolute atomic E-state index is 0.0389. The number of rotatable bonds is 8. The first-order valence-corrected chi connectivity index (χ1v) is 8.29. The number of unbranched alkanes of at least 4 members (excludes halogenated alkanes) is 2. The summed E-state index contributed by atoms with van der Waals surface area (Å²) in [4.78, 5) is 47.7. The molecule has 8 heteroatoms. The lowest BCUT2D eigenvalue weighted by molar-refractivity contribution is -0.384. The first kappa shape index (κ1) is 18.6. The molecule has 2 rings (SSSR count). The first-order chi connectivity index (χ1) is 11.8. The number of nitrogens with one attached hydrogen (secondary N) is 1. The van der Waals surface area contributed by atoms with Crippen LogP contribution in [0.1, 0.15) is 60.2 Å². The van der Waals surface area contributed by atoms with Crippen LogP contribution in [-0.2, 0) is 4.79 Å². The van der Waals surface area contributed by atoms with E-state index < -0.39 is 29.2 Å². The van der Waals surface area contributed by atoms with Crippen molar-refractivity contribution in [2.75, 3.05) is 6.54 Å². The molecule has 8 nitrogen and oxygen atoms in total.